The average Bonchev–Trinajstić information content (AvgIpc) is 2.27. The molecule has 0 aliphatic carbocycles. The number of hydrogen-bond donors (Lipinski definition) is 0. The smallest absolute Gasteiger partial charge is 0.254 e. The summed E-state index contributed by atoms with van der Waals surface area (Å²) in [7, 11) is 0. The minimum Gasteiger partial charge on any atom is -0.277 e. The van der Waals surface area contributed by atoms with Crippen LogP contribution in [-0.4, -0.2) is 10.8 Å². The van der Waals surface area contributed by atoms with Crippen molar-refractivity contribution in [3.63, 3.8) is 0 Å². The minimum atomic E-state index is -0.373. The number of pyridine rings is 1. The molecule has 1 aromatic carbocycles. The molecular formula is C12H7NO. The van der Waals surface area contributed by atoms with Gasteiger partial charge in [0.25, 0.3) is 5.78 Å². The van der Waals surface area contributed by atoms with Crippen molar-refractivity contribution in [3.05, 3.63) is 42.2 Å². The van der Waals surface area contributed by atoms with Gasteiger partial charge in [-0.2, -0.15) is 0 Å². The van der Waals surface area contributed by atoms with E-state index in [9.17, 15) is 4.79 Å². The first kappa shape index (κ1) is 8.46. The number of carbonyl (C=O) groups excluding carboxylic acids is 1. The molecule has 2 nitrogen and oxygen atoms in total. The van der Waals surface area contributed by atoms with E-state index < -0.39 is 0 Å². The van der Waals surface area contributed by atoms with Gasteiger partial charge in [0.05, 0.1) is 0 Å². The van der Waals surface area contributed by atoms with Crippen LogP contribution in [0, 0.1) is 12.3 Å². The fraction of sp³-hybridized carbons (Fsp3) is 0. The summed E-state index contributed by atoms with van der Waals surface area (Å²) in [6, 6.07) is 9.38. The number of carbonyl (C=O) groups is 1. The highest BCUT2D eigenvalue weighted by Crippen LogP contribution is 2.16. The number of aromatic nitrogens is 1. The van der Waals surface area contributed by atoms with Crippen LogP contribution in [0.15, 0.2) is 36.5 Å². The number of benzene rings is 1. The van der Waals surface area contributed by atoms with E-state index in [0.29, 0.717) is 5.69 Å². The molecular weight excluding hydrogens is 174 g/mol. The molecule has 0 amide bonds. The van der Waals surface area contributed by atoms with Crippen LogP contribution in [0.3, 0.4) is 0 Å². The minimum absolute atomic E-state index is 0.352. The summed E-state index contributed by atoms with van der Waals surface area (Å²) in [6.45, 7) is 0. The highest BCUT2D eigenvalue weighted by Gasteiger charge is 2.07. The third kappa shape index (κ3) is 1.25. The summed E-state index contributed by atoms with van der Waals surface area (Å²) in [4.78, 5) is 15.3. The molecule has 0 bridgehead atoms. The fourth-order valence-electron chi connectivity index (χ4n) is 1.37. The third-order valence-corrected chi connectivity index (χ3v) is 2.02. The number of rotatable bonds is 1. The Bertz CT molecular complexity index is 532. The van der Waals surface area contributed by atoms with Crippen LogP contribution in [-0.2, 0) is 0 Å². The normalized spacial score (nSPS) is 9.64. The Morgan fingerprint density at radius 2 is 2.07 bits per heavy atom. The van der Waals surface area contributed by atoms with Crippen LogP contribution in [0.25, 0.3) is 10.8 Å². The second-order valence-electron chi connectivity index (χ2n) is 2.85. The Morgan fingerprint density at radius 3 is 2.86 bits per heavy atom. The zero-order valence-corrected chi connectivity index (χ0v) is 7.40. The largest absolute Gasteiger partial charge is 0.277 e. The summed E-state index contributed by atoms with van der Waals surface area (Å²) in [5, 5.41) is 1.78. The SMILES string of the molecule is C#CC(=O)c1nccc2ccccc12. The molecule has 2 heteroatoms. The molecule has 2 aromatic rings. The van der Waals surface area contributed by atoms with Gasteiger partial charge in [-0.3, -0.25) is 9.78 Å². The second kappa shape index (κ2) is 3.31. The maximum absolute atomic E-state index is 11.3. The molecule has 0 saturated carbocycles. The average molecular weight is 181 g/mol. The monoisotopic (exact) mass is 181 g/mol. The molecule has 0 N–H and O–H groups in total. The number of ketones is 1. The van der Waals surface area contributed by atoms with Crippen molar-refractivity contribution < 1.29 is 4.79 Å². The van der Waals surface area contributed by atoms with Crippen LogP contribution < -0.4 is 0 Å². The van der Waals surface area contributed by atoms with E-state index in [1.165, 1.54) is 0 Å². The van der Waals surface area contributed by atoms with E-state index in [1.807, 2.05) is 30.3 Å². The van der Waals surface area contributed by atoms with Gasteiger partial charge >= 0.3 is 0 Å². The van der Waals surface area contributed by atoms with Crippen LogP contribution in [0.4, 0.5) is 0 Å². The van der Waals surface area contributed by atoms with Crippen molar-refractivity contribution in [2.75, 3.05) is 0 Å². The van der Waals surface area contributed by atoms with Gasteiger partial charge in [0.1, 0.15) is 5.69 Å². The van der Waals surface area contributed by atoms with E-state index in [0.717, 1.165) is 10.8 Å². The van der Waals surface area contributed by atoms with E-state index in [1.54, 1.807) is 6.20 Å². The Balaban J connectivity index is 2.79. The molecule has 1 heterocycles. The maximum Gasteiger partial charge on any atom is 0.254 e. The van der Waals surface area contributed by atoms with Crippen LogP contribution in [0.1, 0.15) is 10.5 Å². The summed E-state index contributed by atoms with van der Waals surface area (Å²) in [5.74, 6) is 1.70. The lowest BCUT2D eigenvalue weighted by Gasteiger charge is -1.99. The van der Waals surface area contributed by atoms with Crippen molar-refractivity contribution >= 4 is 16.6 Å². The summed E-state index contributed by atoms with van der Waals surface area (Å²) < 4.78 is 0. The van der Waals surface area contributed by atoms with Crippen molar-refractivity contribution in [2.45, 2.75) is 0 Å². The lowest BCUT2D eigenvalue weighted by molar-refractivity contribution is 0.105. The van der Waals surface area contributed by atoms with Gasteiger partial charge in [0.15, 0.2) is 0 Å². The number of Topliss-reactive ketones (excluding diaryl/α,β-unsaturated/α-hetero) is 1. The zero-order chi connectivity index (χ0) is 9.97. The van der Waals surface area contributed by atoms with Gasteiger partial charge in [-0.05, 0) is 17.4 Å². The molecule has 2 rings (SSSR count). The van der Waals surface area contributed by atoms with E-state index in [-0.39, 0.29) is 5.78 Å². The van der Waals surface area contributed by atoms with E-state index in [4.69, 9.17) is 6.42 Å². The molecule has 0 spiro atoms. The molecule has 1 aromatic heterocycles. The van der Waals surface area contributed by atoms with Gasteiger partial charge in [0.2, 0.25) is 0 Å². The topological polar surface area (TPSA) is 30.0 Å². The maximum atomic E-state index is 11.3. The quantitative estimate of drug-likeness (QED) is 0.383. The molecule has 0 atom stereocenters. The Hall–Kier alpha value is -2.14. The van der Waals surface area contributed by atoms with Gasteiger partial charge < -0.3 is 0 Å². The number of fused-ring (bicyclic) bond motifs is 1. The zero-order valence-electron chi connectivity index (χ0n) is 7.40. The lowest BCUT2D eigenvalue weighted by atomic mass is 10.1. The van der Waals surface area contributed by atoms with E-state index in [2.05, 4.69) is 10.9 Å². The number of hydrogen-bond acceptors (Lipinski definition) is 2. The number of terminal acetylenes is 1. The van der Waals surface area contributed by atoms with Crippen molar-refractivity contribution in [3.8, 4) is 12.3 Å². The summed E-state index contributed by atoms with van der Waals surface area (Å²) in [5.41, 5.74) is 0.352. The molecule has 0 unspecified atom stereocenters. The van der Waals surface area contributed by atoms with Crippen molar-refractivity contribution in [1.82, 2.24) is 4.98 Å². The van der Waals surface area contributed by atoms with Gasteiger partial charge in [0, 0.05) is 11.6 Å². The highest BCUT2D eigenvalue weighted by atomic mass is 16.1. The Labute approximate surface area is 81.6 Å². The predicted octanol–water partition coefficient (Wildman–Crippen LogP) is 2.05. The third-order valence-electron chi connectivity index (χ3n) is 2.02. The highest BCUT2D eigenvalue weighted by molar-refractivity contribution is 6.14. The summed E-state index contributed by atoms with van der Waals surface area (Å²) in [6.07, 6.45) is 6.65. The molecule has 0 fully saturated rings. The predicted molar refractivity (Wildman–Crippen MR) is 54.9 cm³/mol. The first-order chi connectivity index (χ1) is 6.83. The van der Waals surface area contributed by atoms with Gasteiger partial charge in [-0.15, -0.1) is 6.42 Å². The molecule has 14 heavy (non-hydrogen) atoms. The first-order valence-electron chi connectivity index (χ1n) is 4.17. The Morgan fingerprint density at radius 1 is 1.29 bits per heavy atom. The first-order valence-corrected chi connectivity index (χ1v) is 4.17. The van der Waals surface area contributed by atoms with E-state index >= 15 is 0 Å². The van der Waals surface area contributed by atoms with Crippen molar-refractivity contribution in [2.24, 2.45) is 0 Å². The van der Waals surface area contributed by atoms with Crippen LogP contribution in [0.2, 0.25) is 0 Å². The van der Waals surface area contributed by atoms with Crippen molar-refractivity contribution in [1.29, 1.82) is 0 Å². The van der Waals surface area contributed by atoms with Gasteiger partial charge in [-0.25, -0.2) is 0 Å². The lowest BCUT2D eigenvalue weighted by Crippen LogP contribution is -1.99. The molecule has 0 radical (unpaired) electrons. The van der Waals surface area contributed by atoms with Crippen LogP contribution >= 0.6 is 0 Å². The second-order valence-corrected chi connectivity index (χ2v) is 2.85. The molecule has 0 aliphatic rings. The number of nitrogens with zero attached hydrogens (tertiary/aromatic N) is 1. The molecule has 0 saturated heterocycles. The summed E-state index contributed by atoms with van der Waals surface area (Å²) >= 11 is 0. The van der Waals surface area contributed by atoms with Gasteiger partial charge in [-0.1, -0.05) is 24.3 Å². The standard InChI is InChI=1S/C12H7NO/c1-2-11(14)12-10-6-4-3-5-9(10)7-8-13-12/h1,3-8H. The van der Waals surface area contributed by atoms with Crippen LogP contribution in [0.5, 0.6) is 0 Å². The molecule has 66 valence electrons. The Kier molecular flexibility index (Phi) is 2.00. The molecule has 0 aliphatic heterocycles. The fourth-order valence-corrected chi connectivity index (χ4v) is 1.37.